The van der Waals surface area contributed by atoms with Crippen molar-refractivity contribution >= 4 is 57.4 Å². The molecule has 3 aromatic rings. The molecule has 35 heavy (non-hydrogen) atoms. The Morgan fingerprint density at radius 1 is 1.03 bits per heavy atom. The highest BCUT2D eigenvalue weighted by Crippen LogP contribution is 2.37. The van der Waals surface area contributed by atoms with Crippen LogP contribution in [0.2, 0.25) is 10.0 Å². The summed E-state index contributed by atoms with van der Waals surface area (Å²) in [7, 11) is 0. The zero-order valence-corrected chi connectivity index (χ0v) is 21.4. The number of halogens is 2. The molecule has 0 aliphatic carbocycles. The molecule has 0 saturated heterocycles. The van der Waals surface area contributed by atoms with Crippen LogP contribution in [0.1, 0.15) is 36.7 Å². The van der Waals surface area contributed by atoms with Gasteiger partial charge in [0.05, 0.1) is 5.69 Å². The van der Waals surface area contributed by atoms with Gasteiger partial charge in [-0.05, 0) is 48.1 Å². The highest BCUT2D eigenvalue weighted by Gasteiger charge is 2.34. The molecule has 8 heteroatoms. The smallest absolute Gasteiger partial charge is 0.259 e. The third-order valence-electron chi connectivity index (χ3n) is 6.15. The summed E-state index contributed by atoms with van der Waals surface area (Å²) < 4.78 is 0. The van der Waals surface area contributed by atoms with Gasteiger partial charge in [-0.15, -0.1) is 0 Å². The van der Waals surface area contributed by atoms with Gasteiger partial charge in [-0.1, -0.05) is 67.4 Å². The minimum atomic E-state index is -0.774. The van der Waals surface area contributed by atoms with Gasteiger partial charge in [-0.2, -0.15) is 0 Å². The molecule has 0 bridgehead atoms. The van der Waals surface area contributed by atoms with Crippen LogP contribution in [-0.4, -0.2) is 41.8 Å². The van der Waals surface area contributed by atoms with E-state index in [9.17, 15) is 14.4 Å². The minimum Gasteiger partial charge on any atom is -0.354 e. The molecule has 1 aliphatic heterocycles. The van der Waals surface area contributed by atoms with Crippen molar-refractivity contribution in [1.29, 1.82) is 0 Å². The summed E-state index contributed by atoms with van der Waals surface area (Å²) in [5.74, 6) is -0.592. The third-order valence-corrected chi connectivity index (χ3v) is 6.74. The summed E-state index contributed by atoms with van der Waals surface area (Å²) in [6, 6.07) is 15.4. The molecule has 4 rings (SSSR count). The summed E-state index contributed by atoms with van der Waals surface area (Å²) in [5, 5.41) is 5.55. The van der Waals surface area contributed by atoms with Crippen molar-refractivity contribution in [3.8, 4) is 0 Å². The molecule has 1 heterocycles. The second kappa shape index (κ2) is 10.3. The zero-order valence-electron chi connectivity index (χ0n) is 19.8. The van der Waals surface area contributed by atoms with Crippen molar-refractivity contribution in [2.75, 3.05) is 18.0 Å². The van der Waals surface area contributed by atoms with Gasteiger partial charge in [-0.25, -0.2) is 0 Å². The Kier molecular flexibility index (Phi) is 7.33. The molecule has 3 amide bonds. The summed E-state index contributed by atoms with van der Waals surface area (Å²) in [6.45, 7) is 6.08. The molecule has 1 aliphatic rings. The van der Waals surface area contributed by atoms with Crippen LogP contribution in [0.5, 0.6) is 0 Å². The predicted octanol–water partition coefficient (Wildman–Crippen LogP) is 5.30. The van der Waals surface area contributed by atoms with Gasteiger partial charge >= 0.3 is 0 Å². The molecule has 1 N–H and O–H groups in total. The molecule has 1 atom stereocenters. The largest absolute Gasteiger partial charge is 0.354 e. The number of amides is 3. The zero-order chi connectivity index (χ0) is 25.3. The maximum absolute atomic E-state index is 13.7. The van der Waals surface area contributed by atoms with E-state index >= 15 is 0 Å². The van der Waals surface area contributed by atoms with Gasteiger partial charge < -0.3 is 10.2 Å². The number of rotatable bonds is 8. The highest BCUT2D eigenvalue weighted by atomic mass is 35.5. The Bertz CT molecular complexity index is 1300. The van der Waals surface area contributed by atoms with Crippen molar-refractivity contribution in [1.82, 2.24) is 10.2 Å². The van der Waals surface area contributed by atoms with Crippen molar-refractivity contribution in [2.24, 2.45) is 5.92 Å². The lowest BCUT2D eigenvalue weighted by Crippen LogP contribution is -2.51. The Balaban J connectivity index is 1.63. The van der Waals surface area contributed by atoms with Crippen molar-refractivity contribution in [3.05, 3.63) is 75.8 Å². The van der Waals surface area contributed by atoms with Crippen molar-refractivity contribution in [2.45, 2.75) is 33.4 Å². The van der Waals surface area contributed by atoms with E-state index in [1.165, 1.54) is 9.80 Å². The monoisotopic (exact) mass is 511 g/mol. The highest BCUT2D eigenvalue weighted by molar-refractivity contribution is 6.35. The van der Waals surface area contributed by atoms with Gasteiger partial charge in [0.1, 0.15) is 12.6 Å². The molecule has 0 spiro atoms. The number of anilines is 1. The topological polar surface area (TPSA) is 69.7 Å². The molecule has 0 unspecified atom stereocenters. The van der Waals surface area contributed by atoms with E-state index < -0.39 is 6.04 Å². The van der Waals surface area contributed by atoms with Crippen LogP contribution < -0.4 is 10.2 Å². The average Bonchev–Trinajstić information content (AvgIpc) is 3.09. The van der Waals surface area contributed by atoms with E-state index in [1.54, 1.807) is 31.2 Å². The summed E-state index contributed by atoms with van der Waals surface area (Å²) in [5.41, 5.74) is 1.92. The van der Waals surface area contributed by atoms with Gasteiger partial charge in [-0.3, -0.25) is 19.3 Å². The fraction of sp³-hybridized carbons (Fsp3) is 0.296. The lowest BCUT2D eigenvalue weighted by Gasteiger charge is -2.31. The number of hydrogen-bond donors (Lipinski definition) is 1. The van der Waals surface area contributed by atoms with Crippen molar-refractivity contribution in [3.63, 3.8) is 0 Å². The maximum atomic E-state index is 13.7. The second-order valence-corrected chi connectivity index (χ2v) is 9.99. The Hall–Kier alpha value is -3.09. The lowest BCUT2D eigenvalue weighted by molar-refractivity contribution is -0.139. The normalized spacial score (nSPS) is 13.4. The third kappa shape index (κ3) is 5.14. The van der Waals surface area contributed by atoms with Gasteiger partial charge in [0.2, 0.25) is 11.8 Å². The van der Waals surface area contributed by atoms with E-state index in [1.807, 2.05) is 44.2 Å². The number of carbonyl (C=O) groups is 3. The molecule has 0 aromatic heterocycles. The molecule has 0 radical (unpaired) electrons. The van der Waals surface area contributed by atoms with E-state index in [2.05, 4.69) is 5.32 Å². The number of nitrogens with one attached hydrogen (secondary N) is 1. The molecule has 6 nitrogen and oxygen atoms in total. The quantitative estimate of drug-likeness (QED) is 0.446. The van der Waals surface area contributed by atoms with Crippen LogP contribution in [0.3, 0.4) is 0 Å². The molecular weight excluding hydrogens is 485 g/mol. The van der Waals surface area contributed by atoms with Gasteiger partial charge in [0, 0.05) is 34.1 Å². The summed E-state index contributed by atoms with van der Waals surface area (Å²) >= 11 is 12.4. The van der Waals surface area contributed by atoms with Crippen LogP contribution in [0.15, 0.2) is 54.6 Å². The first-order valence-electron chi connectivity index (χ1n) is 11.5. The lowest BCUT2D eigenvalue weighted by atomic mass is 10.1. The molecule has 0 fully saturated rings. The minimum absolute atomic E-state index is 0.101. The molecule has 3 aromatic carbocycles. The predicted molar refractivity (Wildman–Crippen MR) is 140 cm³/mol. The fourth-order valence-corrected chi connectivity index (χ4v) is 4.70. The summed E-state index contributed by atoms with van der Waals surface area (Å²) in [4.78, 5) is 42.7. The van der Waals surface area contributed by atoms with Gasteiger partial charge in [0.15, 0.2) is 0 Å². The standard InChI is InChI=1S/C27H27Cl2N3O3/c1-16(2)13-30-26(34)17(3)31(14-19-10-11-20(28)12-22(19)29)24(33)15-32-23-9-5-7-18-6-4-8-21(25(18)23)27(32)35/h4-12,16-17H,13-15H2,1-3H3,(H,30,34)/t17-/m0/s1. The van der Waals surface area contributed by atoms with Crippen LogP contribution in [0, 0.1) is 5.92 Å². The van der Waals surface area contributed by atoms with Crippen LogP contribution in [0.25, 0.3) is 10.8 Å². The number of nitrogens with zero attached hydrogens (tertiary/aromatic N) is 2. The van der Waals surface area contributed by atoms with Gasteiger partial charge in [0.25, 0.3) is 5.91 Å². The number of hydrogen-bond acceptors (Lipinski definition) is 3. The van der Waals surface area contributed by atoms with E-state index in [4.69, 9.17) is 23.2 Å². The first kappa shape index (κ1) is 25.0. The Morgan fingerprint density at radius 2 is 1.74 bits per heavy atom. The fourth-order valence-electron chi connectivity index (χ4n) is 4.23. The number of carbonyl (C=O) groups excluding carboxylic acids is 3. The first-order valence-corrected chi connectivity index (χ1v) is 12.3. The number of benzene rings is 3. The Labute approximate surface area is 214 Å². The first-order chi connectivity index (χ1) is 16.7. The van der Waals surface area contributed by atoms with E-state index in [0.29, 0.717) is 33.4 Å². The molecule has 182 valence electrons. The van der Waals surface area contributed by atoms with Crippen molar-refractivity contribution < 1.29 is 14.4 Å². The van der Waals surface area contributed by atoms with Crippen LogP contribution in [-0.2, 0) is 16.1 Å². The second-order valence-electron chi connectivity index (χ2n) is 9.14. The van der Waals surface area contributed by atoms with E-state index in [-0.39, 0.29) is 36.7 Å². The molecule has 0 saturated carbocycles. The average molecular weight is 512 g/mol. The van der Waals surface area contributed by atoms with Crippen LogP contribution >= 0.6 is 23.2 Å². The van der Waals surface area contributed by atoms with Crippen LogP contribution in [0.4, 0.5) is 5.69 Å². The van der Waals surface area contributed by atoms with E-state index in [0.717, 1.165) is 10.8 Å². The summed E-state index contributed by atoms with van der Waals surface area (Å²) in [6.07, 6.45) is 0. The maximum Gasteiger partial charge on any atom is 0.259 e. The Morgan fingerprint density at radius 3 is 2.43 bits per heavy atom. The molecular formula is C27H27Cl2N3O3. The SMILES string of the molecule is CC(C)CNC(=O)[C@H](C)N(Cc1ccc(Cl)cc1Cl)C(=O)CN1C(=O)c2cccc3cccc1c23.